The minimum atomic E-state index is -0.106. The van der Waals surface area contributed by atoms with E-state index in [4.69, 9.17) is 16.3 Å². The molecule has 0 aliphatic heterocycles. The summed E-state index contributed by atoms with van der Waals surface area (Å²) in [5.74, 6) is 1.36. The molecule has 4 aromatic rings. The van der Waals surface area contributed by atoms with Gasteiger partial charge in [-0.15, -0.1) is 5.10 Å². The molecular formula is C24H24ClN5O2S. The number of rotatable bonds is 8. The first kappa shape index (κ1) is 23.1. The van der Waals surface area contributed by atoms with Gasteiger partial charge in [-0.3, -0.25) is 4.79 Å². The van der Waals surface area contributed by atoms with E-state index in [0.717, 1.165) is 38.9 Å². The third-order valence-electron chi connectivity index (χ3n) is 5.36. The number of para-hydroxylation sites is 1. The molecule has 0 bridgehead atoms. The quantitative estimate of drug-likeness (QED) is 0.375. The minimum Gasteiger partial charge on any atom is -0.496 e. The maximum absolute atomic E-state index is 12.4. The molecular weight excluding hydrogens is 458 g/mol. The number of carbonyl (C=O) groups is 1. The van der Waals surface area contributed by atoms with Gasteiger partial charge < -0.3 is 10.1 Å². The summed E-state index contributed by atoms with van der Waals surface area (Å²) in [5.41, 5.74) is 4.86. The topological polar surface area (TPSA) is 81.4 Å². The number of nitrogens with zero attached hydrogens (tertiary/aromatic N) is 4. The van der Waals surface area contributed by atoms with Crippen molar-refractivity contribution in [2.75, 3.05) is 12.9 Å². The Morgan fingerprint density at radius 1 is 1.09 bits per heavy atom. The highest BCUT2D eigenvalue weighted by atomic mass is 35.5. The number of methoxy groups -OCH3 is 1. The van der Waals surface area contributed by atoms with Gasteiger partial charge in [0.05, 0.1) is 12.9 Å². The van der Waals surface area contributed by atoms with Crippen LogP contribution in [0.2, 0.25) is 5.02 Å². The van der Waals surface area contributed by atoms with Crippen LogP contribution in [0.5, 0.6) is 5.75 Å². The molecule has 2 heterocycles. The Morgan fingerprint density at radius 3 is 2.58 bits per heavy atom. The van der Waals surface area contributed by atoms with Crippen LogP contribution in [0.4, 0.5) is 0 Å². The zero-order chi connectivity index (χ0) is 23.4. The van der Waals surface area contributed by atoms with Crippen LogP contribution in [0.15, 0.2) is 53.7 Å². The minimum absolute atomic E-state index is 0.106. The van der Waals surface area contributed by atoms with Crippen LogP contribution < -0.4 is 10.1 Å². The predicted molar refractivity (Wildman–Crippen MR) is 130 cm³/mol. The van der Waals surface area contributed by atoms with Gasteiger partial charge in [0.15, 0.2) is 0 Å². The zero-order valence-electron chi connectivity index (χ0n) is 18.6. The molecule has 0 aliphatic carbocycles. The lowest BCUT2D eigenvalue weighted by molar-refractivity contribution is -0.118. The highest BCUT2D eigenvalue weighted by molar-refractivity contribution is 7.99. The maximum atomic E-state index is 12.4. The van der Waals surface area contributed by atoms with Gasteiger partial charge in [-0.2, -0.15) is 4.98 Å². The number of carbonyl (C=O) groups excluding carboxylic acids is 1. The van der Waals surface area contributed by atoms with E-state index in [1.165, 1.54) is 11.8 Å². The van der Waals surface area contributed by atoms with E-state index in [1.54, 1.807) is 11.6 Å². The van der Waals surface area contributed by atoms with Crippen LogP contribution in [-0.4, -0.2) is 38.4 Å². The van der Waals surface area contributed by atoms with Gasteiger partial charge in [0.2, 0.25) is 11.1 Å². The van der Waals surface area contributed by atoms with E-state index in [9.17, 15) is 4.79 Å². The van der Waals surface area contributed by atoms with Crippen LogP contribution in [0.25, 0.3) is 5.78 Å². The first-order valence-corrected chi connectivity index (χ1v) is 11.8. The highest BCUT2D eigenvalue weighted by Crippen LogP contribution is 2.24. The average molecular weight is 482 g/mol. The molecule has 0 aliphatic rings. The summed E-state index contributed by atoms with van der Waals surface area (Å²) in [4.78, 5) is 21.5. The number of ether oxygens (including phenoxy) is 1. The van der Waals surface area contributed by atoms with Gasteiger partial charge in [-0.1, -0.05) is 59.8 Å². The summed E-state index contributed by atoms with van der Waals surface area (Å²) in [6.07, 6.45) is 0.661. The normalized spacial score (nSPS) is 11.0. The molecule has 2 aromatic heterocycles. The van der Waals surface area contributed by atoms with Crippen LogP contribution in [0.1, 0.15) is 28.1 Å². The third kappa shape index (κ3) is 5.29. The number of hydrogen-bond donors (Lipinski definition) is 1. The Balaban J connectivity index is 1.44. The number of thioether (sulfide) groups is 1. The lowest BCUT2D eigenvalue weighted by Crippen LogP contribution is -2.24. The summed E-state index contributed by atoms with van der Waals surface area (Å²) in [6.45, 7) is 4.36. The Kier molecular flexibility index (Phi) is 7.15. The van der Waals surface area contributed by atoms with Crippen LogP contribution in [0.3, 0.4) is 0 Å². The zero-order valence-corrected chi connectivity index (χ0v) is 20.2. The van der Waals surface area contributed by atoms with Crippen LogP contribution >= 0.6 is 23.4 Å². The molecule has 0 radical (unpaired) electrons. The van der Waals surface area contributed by atoms with E-state index < -0.39 is 0 Å². The van der Waals surface area contributed by atoms with Crippen LogP contribution in [0, 0.1) is 13.8 Å². The van der Waals surface area contributed by atoms with E-state index in [0.29, 0.717) is 23.9 Å². The van der Waals surface area contributed by atoms with Crippen molar-refractivity contribution in [3.05, 3.63) is 81.6 Å². The highest BCUT2D eigenvalue weighted by Gasteiger charge is 2.16. The second kappa shape index (κ2) is 10.2. The number of fused-ring (bicyclic) bond motifs is 1. The van der Waals surface area contributed by atoms with Crippen molar-refractivity contribution in [2.24, 2.45) is 0 Å². The summed E-state index contributed by atoms with van der Waals surface area (Å²) in [5, 5.41) is 8.71. The number of aryl methyl sites for hydroxylation is 2. The van der Waals surface area contributed by atoms with E-state index in [1.807, 2.05) is 62.4 Å². The molecule has 0 saturated carbocycles. The Labute approximate surface area is 201 Å². The fourth-order valence-electron chi connectivity index (χ4n) is 3.56. The van der Waals surface area contributed by atoms with Gasteiger partial charge in [0, 0.05) is 34.9 Å². The summed E-state index contributed by atoms with van der Waals surface area (Å²) >= 11 is 7.63. The average Bonchev–Trinajstić information content (AvgIpc) is 3.23. The van der Waals surface area contributed by atoms with Gasteiger partial charge in [0.25, 0.3) is 5.78 Å². The first-order chi connectivity index (χ1) is 16.0. The van der Waals surface area contributed by atoms with Crippen molar-refractivity contribution in [3.8, 4) is 5.75 Å². The van der Waals surface area contributed by atoms with E-state index in [-0.39, 0.29) is 11.7 Å². The summed E-state index contributed by atoms with van der Waals surface area (Å²) in [7, 11) is 1.61. The largest absolute Gasteiger partial charge is 0.496 e. The Bertz CT molecular complexity index is 1310. The molecule has 1 amide bonds. The second-order valence-electron chi connectivity index (χ2n) is 7.51. The molecule has 170 valence electrons. The monoisotopic (exact) mass is 481 g/mol. The first-order valence-electron chi connectivity index (χ1n) is 10.4. The second-order valence-corrected chi connectivity index (χ2v) is 8.86. The molecule has 7 nitrogen and oxygen atoms in total. The van der Waals surface area contributed by atoms with E-state index >= 15 is 0 Å². The van der Waals surface area contributed by atoms with E-state index in [2.05, 4.69) is 20.4 Å². The molecule has 0 unspecified atom stereocenters. The molecule has 9 heteroatoms. The Morgan fingerprint density at radius 2 is 1.82 bits per heavy atom. The molecule has 0 atom stereocenters. The number of halogens is 1. The number of benzene rings is 2. The van der Waals surface area contributed by atoms with Crippen molar-refractivity contribution in [2.45, 2.75) is 32.0 Å². The molecule has 4 rings (SSSR count). The van der Waals surface area contributed by atoms with Gasteiger partial charge in [0.1, 0.15) is 5.75 Å². The third-order valence-corrected chi connectivity index (χ3v) is 6.56. The molecule has 0 saturated heterocycles. The maximum Gasteiger partial charge on any atom is 0.253 e. The smallest absolute Gasteiger partial charge is 0.253 e. The molecule has 0 spiro atoms. The predicted octanol–water partition coefficient (Wildman–Crippen LogP) is 4.40. The van der Waals surface area contributed by atoms with Crippen molar-refractivity contribution >= 4 is 35.0 Å². The summed E-state index contributed by atoms with van der Waals surface area (Å²) < 4.78 is 7.05. The fraction of sp³-hybridized carbons (Fsp3) is 0.250. The Hall–Kier alpha value is -3.10. The summed E-state index contributed by atoms with van der Waals surface area (Å²) in [6, 6.07) is 15.4. The van der Waals surface area contributed by atoms with Gasteiger partial charge >= 0.3 is 0 Å². The van der Waals surface area contributed by atoms with Crippen molar-refractivity contribution in [1.29, 1.82) is 0 Å². The van der Waals surface area contributed by atoms with Crippen LogP contribution in [-0.2, 0) is 17.8 Å². The number of nitrogens with one attached hydrogen (secondary N) is 1. The number of amides is 1. The molecule has 33 heavy (non-hydrogen) atoms. The lowest BCUT2D eigenvalue weighted by atomic mass is 10.0. The number of aromatic nitrogens is 4. The molecule has 1 N–H and O–H groups in total. The molecule has 2 aromatic carbocycles. The number of hydrogen-bond acceptors (Lipinski definition) is 6. The fourth-order valence-corrected chi connectivity index (χ4v) is 4.41. The van der Waals surface area contributed by atoms with Gasteiger partial charge in [-0.25, -0.2) is 9.50 Å². The van der Waals surface area contributed by atoms with Crippen molar-refractivity contribution in [1.82, 2.24) is 24.9 Å². The van der Waals surface area contributed by atoms with Gasteiger partial charge in [-0.05, 0) is 37.1 Å². The van der Waals surface area contributed by atoms with Crippen molar-refractivity contribution in [3.63, 3.8) is 0 Å². The molecule has 0 fully saturated rings. The lowest BCUT2D eigenvalue weighted by Gasteiger charge is -2.11. The SMILES string of the molecule is COc1ccccc1CNC(=O)CSc1nc2nc(C)c(Cc3ccccc3Cl)c(C)n2n1. The van der Waals surface area contributed by atoms with Crippen molar-refractivity contribution < 1.29 is 9.53 Å². The standard InChI is InChI=1S/C24H24ClN5O2S/c1-15-19(12-17-8-4-6-10-20(17)25)16(2)30-23(27-15)28-24(29-30)33-14-22(31)26-13-18-9-5-7-11-21(18)32-3/h4-11H,12-14H2,1-3H3,(H,26,31).